The number of rotatable bonds is 11. The summed E-state index contributed by atoms with van der Waals surface area (Å²) in [6, 6.07) is 22.3. The van der Waals surface area contributed by atoms with Crippen LogP contribution in [0.1, 0.15) is 95.0 Å². The van der Waals surface area contributed by atoms with Gasteiger partial charge in [0.25, 0.3) is 0 Å². The SMILES string of the molecule is C[C@H]1CCCCN1c1nnc2ccc(OCC3CC[C@H](NC(=O)Nc4cc(C(C)(C)C)nn4-c4cccc(OCCN5CCCN(C)CC5)c4)c4ccccc43)cn12. The quantitative estimate of drug-likeness (QED) is 0.141. The summed E-state index contributed by atoms with van der Waals surface area (Å²) in [4.78, 5) is 21.1. The largest absolute Gasteiger partial charge is 0.492 e. The number of nitrogens with one attached hydrogen (secondary N) is 2. The highest BCUT2D eigenvalue weighted by molar-refractivity contribution is 5.89. The van der Waals surface area contributed by atoms with Crippen LogP contribution in [0.4, 0.5) is 16.6 Å². The molecular weight excluding hydrogens is 729 g/mol. The van der Waals surface area contributed by atoms with Crippen molar-refractivity contribution < 1.29 is 14.3 Å². The van der Waals surface area contributed by atoms with E-state index in [1.54, 1.807) is 0 Å². The summed E-state index contributed by atoms with van der Waals surface area (Å²) in [6.45, 7) is 16.0. The summed E-state index contributed by atoms with van der Waals surface area (Å²) in [5.41, 5.74) is 4.63. The van der Waals surface area contributed by atoms with Gasteiger partial charge in [0.2, 0.25) is 5.95 Å². The van der Waals surface area contributed by atoms with E-state index in [9.17, 15) is 4.79 Å². The van der Waals surface area contributed by atoms with Gasteiger partial charge in [0.1, 0.15) is 23.9 Å². The molecule has 3 aliphatic rings. The number of likely N-dealkylation sites (N-methyl/N-ethyl adjacent to an activating group) is 1. The second-order valence-corrected chi connectivity index (χ2v) is 17.4. The summed E-state index contributed by atoms with van der Waals surface area (Å²) in [5.74, 6) is 3.24. The van der Waals surface area contributed by atoms with Crippen molar-refractivity contribution >= 4 is 23.4 Å². The lowest BCUT2D eigenvalue weighted by molar-refractivity contribution is 0.212. The molecular formula is C45H60N10O3. The van der Waals surface area contributed by atoms with E-state index in [0.717, 1.165) is 98.6 Å². The first-order valence-corrected chi connectivity index (χ1v) is 21.2. The van der Waals surface area contributed by atoms with Crippen molar-refractivity contribution in [2.75, 3.05) is 69.7 Å². The second-order valence-electron chi connectivity index (χ2n) is 17.4. The first-order chi connectivity index (χ1) is 28.1. The molecule has 2 fully saturated rings. The summed E-state index contributed by atoms with van der Waals surface area (Å²) >= 11 is 0. The topological polar surface area (TPSA) is 117 Å². The van der Waals surface area contributed by atoms with E-state index >= 15 is 0 Å². The molecule has 0 spiro atoms. The zero-order valence-electron chi connectivity index (χ0n) is 34.9. The average Bonchev–Trinajstić information content (AvgIpc) is 3.78. The van der Waals surface area contributed by atoms with Crippen LogP contribution in [0.5, 0.6) is 11.5 Å². The molecule has 2 aromatic carbocycles. The lowest BCUT2D eigenvalue weighted by Gasteiger charge is -2.33. The third-order valence-corrected chi connectivity index (χ3v) is 12.1. The fraction of sp³-hybridized carbons (Fsp3) is 0.511. The minimum Gasteiger partial charge on any atom is -0.492 e. The van der Waals surface area contributed by atoms with Crippen LogP contribution in [-0.4, -0.2) is 106 Å². The number of pyridine rings is 1. The van der Waals surface area contributed by atoms with Gasteiger partial charge >= 0.3 is 6.03 Å². The van der Waals surface area contributed by atoms with Crippen LogP contribution < -0.4 is 25.0 Å². The Morgan fingerprint density at radius 1 is 0.845 bits per heavy atom. The van der Waals surface area contributed by atoms with Crippen LogP contribution in [0.15, 0.2) is 72.9 Å². The van der Waals surface area contributed by atoms with Crippen molar-refractivity contribution in [3.8, 4) is 17.2 Å². The molecule has 2 N–H and O–H groups in total. The van der Waals surface area contributed by atoms with Gasteiger partial charge in [-0.15, -0.1) is 10.2 Å². The molecule has 0 saturated carbocycles. The normalized spacial score (nSPS) is 20.7. The number of fused-ring (bicyclic) bond motifs is 2. The first-order valence-electron chi connectivity index (χ1n) is 21.2. The van der Waals surface area contributed by atoms with Gasteiger partial charge in [-0.2, -0.15) is 5.10 Å². The van der Waals surface area contributed by atoms with Crippen LogP contribution in [0.2, 0.25) is 0 Å². The van der Waals surface area contributed by atoms with Gasteiger partial charge < -0.3 is 24.6 Å². The maximum atomic E-state index is 13.8. The molecule has 0 radical (unpaired) electrons. The summed E-state index contributed by atoms with van der Waals surface area (Å²) < 4.78 is 16.6. The van der Waals surface area contributed by atoms with Crippen LogP contribution in [0.3, 0.4) is 0 Å². The van der Waals surface area contributed by atoms with E-state index in [-0.39, 0.29) is 23.4 Å². The fourth-order valence-electron chi connectivity index (χ4n) is 8.60. The highest BCUT2D eigenvalue weighted by Crippen LogP contribution is 2.38. The Balaban J connectivity index is 0.924. The smallest absolute Gasteiger partial charge is 0.320 e. The minimum absolute atomic E-state index is 0.144. The zero-order chi connectivity index (χ0) is 40.2. The summed E-state index contributed by atoms with van der Waals surface area (Å²) in [7, 11) is 2.19. The second kappa shape index (κ2) is 17.4. The first kappa shape index (κ1) is 39.7. The molecule has 3 atom stereocenters. The van der Waals surface area contributed by atoms with Crippen LogP contribution in [0, 0.1) is 0 Å². The average molecular weight is 789 g/mol. The van der Waals surface area contributed by atoms with E-state index in [2.05, 4.69) is 92.9 Å². The number of aromatic nitrogens is 5. The fourth-order valence-corrected chi connectivity index (χ4v) is 8.60. The molecule has 2 saturated heterocycles. The number of urea groups is 1. The lowest BCUT2D eigenvalue weighted by atomic mass is 9.80. The monoisotopic (exact) mass is 788 g/mol. The van der Waals surface area contributed by atoms with Crippen molar-refractivity contribution in [1.29, 1.82) is 0 Å². The molecule has 5 heterocycles. The van der Waals surface area contributed by atoms with Crippen molar-refractivity contribution in [2.24, 2.45) is 0 Å². The summed E-state index contributed by atoms with van der Waals surface area (Å²) in [5, 5.41) is 20.4. The molecule has 13 heteroatoms. The Bertz CT molecular complexity index is 2170. The third kappa shape index (κ3) is 9.10. The van der Waals surface area contributed by atoms with Crippen LogP contribution >= 0.6 is 0 Å². The zero-order valence-corrected chi connectivity index (χ0v) is 34.9. The number of carbonyl (C=O) groups excluding carboxylic acids is 1. The van der Waals surface area contributed by atoms with Gasteiger partial charge in [-0.25, -0.2) is 9.48 Å². The van der Waals surface area contributed by atoms with E-state index in [4.69, 9.17) is 14.6 Å². The molecule has 8 rings (SSSR count). The molecule has 13 nitrogen and oxygen atoms in total. The predicted molar refractivity (Wildman–Crippen MR) is 229 cm³/mol. The molecule has 5 aromatic rings. The van der Waals surface area contributed by atoms with Crippen molar-refractivity contribution in [3.63, 3.8) is 0 Å². The number of benzene rings is 2. The standard InChI is InChI=1S/C45H60N10O3/c1-32-12-8-9-23-53(32)44-49-48-41-20-18-36(30-54(41)44)58-31-33-17-19-39(38-16-7-6-15-37(33)38)46-43(56)47-42-29-40(45(2,3)4)50-55(42)34-13-10-14-35(28-34)57-27-26-52-22-11-21-51(5)24-25-52/h6-7,10,13-16,18,20,28-30,32-33,39H,8-9,11-12,17,19,21-27,31H2,1-5H3,(H2,46,47,56)/t32-,33?,39-/m0/s1. The Kier molecular flexibility index (Phi) is 11.9. The number of anilines is 2. The van der Waals surface area contributed by atoms with E-state index in [0.29, 0.717) is 25.1 Å². The molecule has 1 aliphatic carbocycles. The van der Waals surface area contributed by atoms with Gasteiger partial charge in [-0.1, -0.05) is 51.1 Å². The predicted octanol–water partition coefficient (Wildman–Crippen LogP) is 7.43. The summed E-state index contributed by atoms with van der Waals surface area (Å²) in [6.07, 6.45) is 8.44. The molecule has 1 unspecified atom stereocenters. The van der Waals surface area contributed by atoms with Crippen molar-refractivity contribution in [3.05, 3.63) is 89.7 Å². The van der Waals surface area contributed by atoms with Gasteiger partial charge in [0.15, 0.2) is 5.65 Å². The molecule has 308 valence electrons. The Hall–Kier alpha value is -5.14. The molecule has 2 amide bonds. The number of hydrogen-bond acceptors (Lipinski definition) is 9. The van der Waals surface area contributed by atoms with Gasteiger partial charge in [0.05, 0.1) is 30.2 Å². The third-order valence-electron chi connectivity index (χ3n) is 12.1. The number of carbonyl (C=O) groups is 1. The maximum absolute atomic E-state index is 13.8. The number of amides is 2. The number of hydrogen-bond donors (Lipinski definition) is 2. The Labute approximate surface area is 342 Å². The Morgan fingerprint density at radius 3 is 2.55 bits per heavy atom. The van der Waals surface area contributed by atoms with Crippen molar-refractivity contribution in [2.45, 2.75) is 89.6 Å². The van der Waals surface area contributed by atoms with Gasteiger partial charge in [-0.05, 0) is 101 Å². The van der Waals surface area contributed by atoms with E-state index in [1.165, 1.54) is 24.8 Å². The highest BCUT2D eigenvalue weighted by atomic mass is 16.5. The Morgan fingerprint density at radius 2 is 1.71 bits per heavy atom. The van der Waals surface area contributed by atoms with Crippen LogP contribution in [0.25, 0.3) is 11.3 Å². The van der Waals surface area contributed by atoms with Crippen molar-refractivity contribution in [1.82, 2.24) is 39.5 Å². The molecule has 3 aromatic heterocycles. The highest BCUT2D eigenvalue weighted by Gasteiger charge is 2.30. The number of piperidine rings is 1. The number of nitrogens with zero attached hydrogens (tertiary/aromatic N) is 8. The molecule has 58 heavy (non-hydrogen) atoms. The van der Waals surface area contributed by atoms with E-state index in [1.807, 2.05) is 59.4 Å². The number of ether oxygens (including phenoxy) is 2. The molecule has 2 aliphatic heterocycles. The van der Waals surface area contributed by atoms with E-state index < -0.39 is 0 Å². The van der Waals surface area contributed by atoms with Gasteiger partial charge in [0, 0.05) is 55.7 Å². The van der Waals surface area contributed by atoms with Crippen LogP contribution in [-0.2, 0) is 5.41 Å². The minimum atomic E-state index is -0.271. The lowest BCUT2D eigenvalue weighted by Crippen LogP contribution is -2.38. The molecule has 0 bridgehead atoms. The maximum Gasteiger partial charge on any atom is 0.320 e. The van der Waals surface area contributed by atoms with Gasteiger partial charge in [-0.3, -0.25) is 14.6 Å².